The molecule has 0 aromatic carbocycles. The van der Waals surface area contributed by atoms with Crippen LogP contribution in [0.1, 0.15) is 26.7 Å². The molecule has 0 saturated carbocycles. The van der Waals surface area contributed by atoms with E-state index in [9.17, 15) is 14.4 Å². The Morgan fingerprint density at radius 1 is 1.31 bits per heavy atom. The molecule has 0 atom stereocenters. The van der Waals surface area contributed by atoms with Gasteiger partial charge in [-0.05, 0) is 13.8 Å². The van der Waals surface area contributed by atoms with Crippen molar-refractivity contribution >= 4 is 17.9 Å². The summed E-state index contributed by atoms with van der Waals surface area (Å²) in [5.74, 6) is -1.51. The molecule has 0 aliphatic heterocycles. The number of nitrogens with two attached hydrogens (primary N) is 1. The van der Waals surface area contributed by atoms with Crippen LogP contribution >= 0.6 is 0 Å². The van der Waals surface area contributed by atoms with E-state index in [1.54, 1.807) is 13.8 Å². The monoisotopic (exact) mass is 231 g/mol. The van der Waals surface area contributed by atoms with E-state index < -0.39 is 23.4 Å². The summed E-state index contributed by atoms with van der Waals surface area (Å²) < 4.78 is 0. The van der Waals surface area contributed by atoms with Crippen molar-refractivity contribution in [2.24, 2.45) is 5.73 Å². The topological polar surface area (TPSA) is 122 Å². The molecule has 16 heavy (non-hydrogen) atoms. The predicted octanol–water partition coefficient (Wildman–Crippen LogP) is -0.586. The van der Waals surface area contributed by atoms with Crippen LogP contribution in [0.4, 0.5) is 4.79 Å². The van der Waals surface area contributed by atoms with Crippen molar-refractivity contribution in [3.63, 3.8) is 0 Å². The Bertz CT molecular complexity index is 288. The van der Waals surface area contributed by atoms with Gasteiger partial charge in [0.05, 0.1) is 6.42 Å². The molecule has 0 aromatic rings. The number of carbonyl (C=O) groups excluding carboxylic acids is 2. The van der Waals surface area contributed by atoms with Crippen molar-refractivity contribution in [3.8, 4) is 0 Å². The summed E-state index contributed by atoms with van der Waals surface area (Å²) in [7, 11) is 0. The maximum absolute atomic E-state index is 11.3. The summed E-state index contributed by atoms with van der Waals surface area (Å²) in [5, 5.41) is 13.2. The molecule has 0 spiro atoms. The largest absolute Gasteiger partial charge is 0.481 e. The van der Waals surface area contributed by atoms with E-state index >= 15 is 0 Å². The van der Waals surface area contributed by atoms with Gasteiger partial charge in [0.25, 0.3) is 0 Å². The van der Waals surface area contributed by atoms with Crippen LogP contribution in [0.5, 0.6) is 0 Å². The number of carbonyl (C=O) groups is 3. The molecule has 3 amide bonds. The third-order valence-electron chi connectivity index (χ3n) is 1.69. The maximum Gasteiger partial charge on any atom is 0.315 e. The third kappa shape index (κ3) is 7.60. The molecule has 0 heterocycles. The molecular weight excluding hydrogens is 214 g/mol. The fourth-order valence-corrected chi connectivity index (χ4v) is 1.11. The molecule has 0 bridgehead atoms. The van der Waals surface area contributed by atoms with Crippen LogP contribution in [-0.2, 0) is 9.59 Å². The molecule has 0 aliphatic carbocycles. The normalized spacial score (nSPS) is 10.6. The highest BCUT2D eigenvalue weighted by molar-refractivity contribution is 5.79. The summed E-state index contributed by atoms with van der Waals surface area (Å²) in [6, 6.07) is -0.521. The van der Waals surface area contributed by atoms with E-state index in [2.05, 4.69) is 10.6 Å². The van der Waals surface area contributed by atoms with Crippen LogP contribution in [0.15, 0.2) is 0 Å². The zero-order valence-corrected chi connectivity index (χ0v) is 9.37. The smallest absolute Gasteiger partial charge is 0.315 e. The van der Waals surface area contributed by atoms with Crippen molar-refractivity contribution in [1.29, 1.82) is 0 Å². The van der Waals surface area contributed by atoms with Crippen molar-refractivity contribution in [2.75, 3.05) is 6.54 Å². The molecule has 0 radical (unpaired) electrons. The lowest BCUT2D eigenvalue weighted by molar-refractivity contribution is -0.136. The van der Waals surface area contributed by atoms with Gasteiger partial charge in [0.1, 0.15) is 0 Å². The molecule has 7 heteroatoms. The van der Waals surface area contributed by atoms with Gasteiger partial charge in [0.2, 0.25) is 5.91 Å². The summed E-state index contributed by atoms with van der Waals surface area (Å²) >= 11 is 0. The van der Waals surface area contributed by atoms with Gasteiger partial charge in [0, 0.05) is 18.5 Å². The van der Waals surface area contributed by atoms with Gasteiger partial charge in [-0.15, -0.1) is 0 Å². The van der Waals surface area contributed by atoms with Gasteiger partial charge in [-0.3, -0.25) is 9.59 Å². The molecule has 0 fully saturated rings. The zero-order valence-electron chi connectivity index (χ0n) is 9.37. The van der Waals surface area contributed by atoms with E-state index in [0.29, 0.717) is 0 Å². The van der Waals surface area contributed by atoms with Crippen LogP contribution in [0.3, 0.4) is 0 Å². The number of rotatable bonds is 6. The van der Waals surface area contributed by atoms with Gasteiger partial charge < -0.3 is 21.5 Å². The Kier molecular flexibility index (Phi) is 5.27. The highest BCUT2D eigenvalue weighted by Crippen LogP contribution is 2.06. The number of primary amides is 1. The second-order valence-corrected chi connectivity index (χ2v) is 4.05. The number of nitrogens with one attached hydrogen (secondary N) is 2. The molecular formula is C9H17N3O4. The van der Waals surface area contributed by atoms with Gasteiger partial charge in [-0.25, -0.2) is 4.79 Å². The number of amides is 3. The van der Waals surface area contributed by atoms with Crippen molar-refractivity contribution < 1.29 is 19.5 Å². The average molecular weight is 231 g/mol. The van der Waals surface area contributed by atoms with Gasteiger partial charge in [-0.2, -0.15) is 0 Å². The predicted molar refractivity (Wildman–Crippen MR) is 56.7 cm³/mol. The third-order valence-corrected chi connectivity index (χ3v) is 1.69. The lowest BCUT2D eigenvalue weighted by Crippen LogP contribution is -2.50. The van der Waals surface area contributed by atoms with Gasteiger partial charge in [-0.1, -0.05) is 0 Å². The number of aliphatic carboxylic acids is 1. The minimum atomic E-state index is -0.989. The van der Waals surface area contributed by atoms with E-state index in [-0.39, 0.29) is 19.4 Å². The highest BCUT2D eigenvalue weighted by atomic mass is 16.4. The Morgan fingerprint density at radius 3 is 2.31 bits per heavy atom. The van der Waals surface area contributed by atoms with Crippen molar-refractivity contribution in [3.05, 3.63) is 0 Å². The number of hydrogen-bond acceptors (Lipinski definition) is 3. The van der Waals surface area contributed by atoms with E-state index in [4.69, 9.17) is 10.8 Å². The molecule has 92 valence electrons. The van der Waals surface area contributed by atoms with E-state index in [1.165, 1.54) is 0 Å². The fraction of sp³-hybridized carbons (Fsp3) is 0.667. The average Bonchev–Trinajstić information content (AvgIpc) is 1.98. The summed E-state index contributed by atoms with van der Waals surface area (Å²) in [6.45, 7) is 3.33. The lowest BCUT2D eigenvalue weighted by atomic mass is 10.0. The second kappa shape index (κ2) is 5.94. The van der Waals surface area contributed by atoms with Crippen LogP contribution < -0.4 is 16.4 Å². The number of carboxylic acid groups (broad SMARTS) is 1. The molecule has 0 aliphatic rings. The standard InChI is InChI=1S/C9H17N3O4/c1-9(2,5-6(10)13)12-8(16)11-4-3-7(14)15/h3-5H2,1-2H3,(H2,10,13)(H,14,15)(H2,11,12,16). The van der Waals surface area contributed by atoms with Crippen LogP contribution in [-0.4, -0.2) is 35.1 Å². The molecule has 0 rings (SSSR count). The Morgan fingerprint density at radius 2 is 1.88 bits per heavy atom. The number of carboxylic acids is 1. The second-order valence-electron chi connectivity index (χ2n) is 4.05. The lowest BCUT2D eigenvalue weighted by Gasteiger charge is -2.24. The van der Waals surface area contributed by atoms with E-state index in [0.717, 1.165) is 0 Å². The first kappa shape index (κ1) is 14.2. The number of urea groups is 1. The maximum atomic E-state index is 11.3. The van der Waals surface area contributed by atoms with Crippen molar-refractivity contribution in [2.45, 2.75) is 32.2 Å². The molecule has 5 N–H and O–H groups in total. The van der Waals surface area contributed by atoms with Crippen LogP contribution in [0.2, 0.25) is 0 Å². The van der Waals surface area contributed by atoms with Crippen LogP contribution in [0.25, 0.3) is 0 Å². The first-order valence-corrected chi connectivity index (χ1v) is 4.79. The Labute approximate surface area is 93.4 Å². The van der Waals surface area contributed by atoms with Gasteiger partial charge >= 0.3 is 12.0 Å². The van der Waals surface area contributed by atoms with E-state index in [1.807, 2.05) is 0 Å². The van der Waals surface area contributed by atoms with Gasteiger partial charge in [0.15, 0.2) is 0 Å². The van der Waals surface area contributed by atoms with Crippen molar-refractivity contribution in [1.82, 2.24) is 10.6 Å². The molecule has 0 aromatic heterocycles. The first-order chi connectivity index (χ1) is 7.23. The first-order valence-electron chi connectivity index (χ1n) is 4.79. The molecule has 7 nitrogen and oxygen atoms in total. The Hall–Kier alpha value is -1.79. The van der Waals surface area contributed by atoms with Crippen LogP contribution in [0, 0.1) is 0 Å². The molecule has 0 unspecified atom stereocenters. The fourth-order valence-electron chi connectivity index (χ4n) is 1.11. The Balaban J connectivity index is 3.94. The quantitative estimate of drug-likeness (QED) is 0.488. The SMILES string of the molecule is CC(C)(CC(N)=O)NC(=O)NCCC(=O)O. The summed E-state index contributed by atoms with van der Waals surface area (Å²) in [6.07, 6.45) is -0.136. The molecule has 0 saturated heterocycles. The number of hydrogen-bond donors (Lipinski definition) is 4. The highest BCUT2D eigenvalue weighted by Gasteiger charge is 2.22. The minimum Gasteiger partial charge on any atom is -0.481 e. The zero-order chi connectivity index (χ0) is 12.8. The minimum absolute atomic E-state index is 0.0132. The summed E-state index contributed by atoms with van der Waals surface area (Å²) in [5.41, 5.74) is 4.25. The summed E-state index contributed by atoms with van der Waals surface area (Å²) in [4.78, 5) is 32.1.